The first-order chi connectivity index (χ1) is 13.8. The van der Waals surface area contributed by atoms with E-state index in [2.05, 4.69) is 16.1 Å². The quantitative estimate of drug-likeness (QED) is 0.470. The second-order valence-corrected chi connectivity index (χ2v) is 7.10. The Morgan fingerprint density at radius 2 is 1.89 bits per heavy atom. The summed E-state index contributed by atoms with van der Waals surface area (Å²) in [4.78, 5) is 17.0. The fourth-order valence-electron chi connectivity index (χ4n) is 3.81. The molecule has 1 fully saturated rings. The first-order valence-electron chi connectivity index (χ1n) is 9.45. The number of Topliss-reactive ketones (excluding diaryl/α,β-unsaturated/α-hetero) is 1. The van der Waals surface area contributed by atoms with Gasteiger partial charge in [-0.3, -0.25) is 4.79 Å². The van der Waals surface area contributed by atoms with Gasteiger partial charge in [0.25, 0.3) is 0 Å². The Hall–Kier alpha value is -3.47. The van der Waals surface area contributed by atoms with Crippen LogP contribution in [0.3, 0.4) is 0 Å². The van der Waals surface area contributed by atoms with Crippen LogP contribution in [0.5, 0.6) is 11.6 Å². The normalized spacial score (nSPS) is 18.6. The Balaban J connectivity index is 1.36. The van der Waals surface area contributed by atoms with Crippen molar-refractivity contribution in [3.05, 3.63) is 90.3 Å². The maximum Gasteiger partial charge on any atom is 0.237 e. The zero-order chi connectivity index (χ0) is 18.9. The van der Waals surface area contributed by atoms with Gasteiger partial charge >= 0.3 is 0 Å². The molecule has 5 rings (SSSR count). The highest BCUT2D eigenvalue weighted by molar-refractivity contribution is 5.99. The highest BCUT2D eigenvalue weighted by Crippen LogP contribution is 2.45. The maximum atomic E-state index is 12.8. The number of hydrogen-bond donors (Lipinski definition) is 0. The monoisotopic (exact) mass is 369 g/mol. The van der Waals surface area contributed by atoms with Crippen molar-refractivity contribution in [3.8, 4) is 11.6 Å². The molecule has 1 aliphatic rings. The van der Waals surface area contributed by atoms with Crippen molar-refractivity contribution < 1.29 is 9.53 Å². The fourth-order valence-corrected chi connectivity index (χ4v) is 3.81. The maximum absolute atomic E-state index is 12.8. The number of ether oxygens (including phenoxy) is 1. The molecule has 2 aromatic carbocycles. The van der Waals surface area contributed by atoms with E-state index in [4.69, 9.17) is 4.74 Å². The summed E-state index contributed by atoms with van der Waals surface area (Å²) in [6, 6.07) is 21.2. The third-order valence-corrected chi connectivity index (χ3v) is 5.41. The number of rotatable bonds is 5. The van der Waals surface area contributed by atoms with Gasteiger partial charge in [-0.15, -0.1) is 5.10 Å². The first-order valence-corrected chi connectivity index (χ1v) is 9.45. The van der Waals surface area contributed by atoms with Crippen LogP contribution in [0.15, 0.2) is 79.1 Å². The molecule has 5 nitrogen and oxygen atoms in total. The summed E-state index contributed by atoms with van der Waals surface area (Å²) in [5.74, 6) is 1.74. The van der Waals surface area contributed by atoms with Gasteiger partial charge in [-0.1, -0.05) is 42.5 Å². The summed E-state index contributed by atoms with van der Waals surface area (Å²) in [5, 5.41) is 4.40. The Morgan fingerprint density at radius 1 is 1.00 bits per heavy atom. The third-order valence-electron chi connectivity index (χ3n) is 5.41. The fraction of sp³-hybridized carbons (Fsp3) is 0.174. The molecule has 2 heterocycles. The number of carbonyl (C=O) groups is 1. The van der Waals surface area contributed by atoms with E-state index in [1.807, 2.05) is 54.6 Å². The van der Waals surface area contributed by atoms with E-state index in [1.54, 1.807) is 23.0 Å². The molecule has 4 aromatic rings. The van der Waals surface area contributed by atoms with E-state index in [-0.39, 0.29) is 17.6 Å². The molecule has 2 aromatic heterocycles. The number of benzene rings is 2. The average Bonchev–Trinajstić information content (AvgIpc) is 3.16. The lowest BCUT2D eigenvalue weighted by Gasteiger charge is -2.36. The van der Waals surface area contributed by atoms with Crippen molar-refractivity contribution in [2.75, 3.05) is 0 Å². The second kappa shape index (κ2) is 6.93. The smallest absolute Gasteiger partial charge is 0.237 e. The molecule has 138 valence electrons. The number of imidazole rings is 1. The molecule has 2 atom stereocenters. The van der Waals surface area contributed by atoms with Crippen LogP contribution in [0.4, 0.5) is 0 Å². The van der Waals surface area contributed by atoms with E-state index in [0.717, 1.165) is 35.4 Å². The van der Waals surface area contributed by atoms with Gasteiger partial charge in [0.1, 0.15) is 5.75 Å². The Morgan fingerprint density at radius 3 is 2.71 bits per heavy atom. The second-order valence-electron chi connectivity index (χ2n) is 7.10. The average molecular weight is 369 g/mol. The Bertz CT molecular complexity index is 1140. The molecule has 28 heavy (non-hydrogen) atoms. The van der Waals surface area contributed by atoms with E-state index >= 15 is 0 Å². The minimum atomic E-state index is 0.0399. The van der Waals surface area contributed by atoms with Gasteiger partial charge in [-0.05, 0) is 42.5 Å². The SMILES string of the molecule is O=C(c1ccccc1)[C@H]1CCC1c1cccc(Oc2ccc3nccn3n2)c1. The van der Waals surface area contributed by atoms with E-state index < -0.39 is 0 Å². The van der Waals surface area contributed by atoms with Crippen molar-refractivity contribution in [1.29, 1.82) is 0 Å². The van der Waals surface area contributed by atoms with Gasteiger partial charge in [0.15, 0.2) is 11.4 Å². The first kappa shape index (κ1) is 16.7. The molecule has 0 spiro atoms. The van der Waals surface area contributed by atoms with Crippen LogP contribution in [0, 0.1) is 5.92 Å². The topological polar surface area (TPSA) is 56.5 Å². The number of carbonyl (C=O) groups excluding carboxylic acids is 1. The van der Waals surface area contributed by atoms with E-state index in [0.29, 0.717) is 5.88 Å². The van der Waals surface area contributed by atoms with Crippen molar-refractivity contribution in [3.63, 3.8) is 0 Å². The number of fused-ring (bicyclic) bond motifs is 1. The van der Waals surface area contributed by atoms with Gasteiger partial charge in [0.2, 0.25) is 5.88 Å². The van der Waals surface area contributed by atoms with Crippen LogP contribution in [0.25, 0.3) is 5.65 Å². The van der Waals surface area contributed by atoms with Crippen molar-refractivity contribution in [2.45, 2.75) is 18.8 Å². The zero-order valence-electron chi connectivity index (χ0n) is 15.2. The summed E-state index contributed by atoms with van der Waals surface area (Å²) in [6.45, 7) is 0. The lowest BCUT2D eigenvalue weighted by Crippen LogP contribution is -2.31. The zero-order valence-corrected chi connectivity index (χ0v) is 15.2. The van der Waals surface area contributed by atoms with E-state index in [9.17, 15) is 4.79 Å². The van der Waals surface area contributed by atoms with Gasteiger partial charge < -0.3 is 4.74 Å². The summed E-state index contributed by atoms with van der Waals surface area (Å²) in [6.07, 6.45) is 5.44. The number of ketones is 1. The van der Waals surface area contributed by atoms with Crippen LogP contribution in [-0.4, -0.2) is 20.4 Å². The molecule has 0 radical (unpaired) electrons. The highest BCUT2D eigenvalue weighted by atomic mass is 16.5. The van der Waals surface area contributed by atoms with Gasteiger partial charge in [-0.2, -0.15) is 0 Å². The molecule has 1 saturated carbocycles. The van der Waals surface area contributed by atoms with Crippen LogP contribution in [0.2, 0.25) is 0 Å². The lowest BCUT2D eigenvalue weighted by molar-refractivity contribution is 0.0819. The standard InChI is InChI=1S/C23H19N3O2/c27-23(16-5-2-1-3-6-16)20-10-9-19(20)17-7-4-8-18(15-17)28-22-12-11-21-24-13-14-26(21)25-22/h1-8,11-15,19-20H,9-10H2/t19?,20-/m0/s1. The molecular weight excluding hydrogens is 350 g/mol. The van der Waals surface area contributed by atoms with E-state index in [1.165, 1.54) is 0 Å². The van der Waals surface area contributed by atoms with Crippen molar-refractivity contribution in [2.24, 2.45) is 5.92 Å². The molecule has 0 aliphatic heterocycles. The molecular formula is C23H19N3O2. The van der Waals surface area contributed by atoms with Crippen LogP contribution in [0.1, 0.15) is 34.7 Å². The van der Waals surface area contributed by atoms with Crippen molar-refractivity contribution in [1.82, 2.24) is 14.6 Å². The molecule has 1 aliphatic carbocycles. The molecule has 1 unspecified atom stereocenters. The minimum absolute atomic E-state index is 0.0399. The molecule has 0 bridgehead atoms. The van der Waals surface area contributed by atoms with Gasteiger partial charge in [-0.25, -0.2) is 9.50 Å². The van der Waals surface area contributed by atoms with Crippen LogP contribution in [-0.2, 0) is 0 Å². The molecule has 5 heteroatoms. The summed E-state index contributed by atoms with van der Waals surface area (Å²) in [7, 11) is 0. The predicted octanol–water partition coefficient (Wildman–Crippen LogP) is 4.90. The molecule has 0 amide bonds. The largest absolute Gasteiger partial charge is 0.438 e. The summed E-state index contributed by atoms with van der Waals surface area (Å²) >= 11 is 0. The van der Waals surface area contributed by atoms with Crippen molar-refractivity contribution >= 4 is 11.4 Å². The number of hydrogen-bond acceptors (Lipinski definition) is 4. The number of aromatic nitrogens is 3. The van der Waals surface area contributed by atoms with Crippen LogP contribution >= 0.6 is 0 Å². The van der Waals surface area contributed by atoms with Gasteiger partial charge in [0.05, 0.1) is 0 Å². The molecule has 0 N–H and O–H groups in total. The lowest BCUT2D eigenvalue weighted by atomic mass is 9.67. The Labute approximate surface area is 162 Å². The minimum Gasteiger partial charge on any atom is -0.438 e. The predicted molar refractivity (Wildman–Crippen MR) is 106 cm³/mol. The van der Waals surface area contributed by atoms with Crippen LogP contribution < -0.4 is 4.74 Å². The number of nitrogens with zero attached hydrogens (tertiary/aromatic N) is 3. The third kappa shape index (κ3) is 3.05. The Kier molecular flexibility index (Phi) is 4.13. The highest BCUT2D eigenvalue weighted by Gasteiger charge is 2.37. The summed E-state index contributed by atoms with van der Waals surface area (Å²) < 4.78 is 7.63. The van der Waals surface area contributed by atoms with Gasteiger partial charge in [0, 0.05) is 29.9 Å². The molecule has 0 saturated heterocycles. The summed E-state index contributed by atoms with van der Waals surface area (Å²) in [5.41, 5.74) is 2.71.